The van der Waals surface area contributed by atoms with Gasteiger partial charge in [0.2, 0.25) is 0 Å². The second-order valence-electron chi connectivity index (χ2n) is 7.09. The molecule has 0 bridgehead atoms. The molecule has 2 N–H and O–H groups in total. The maximum absolute atomic E-state index is 5.52. The lowest BCUT2D eigenvalue weighted by molar-refractivity contribution is -1.02. The zero-order valence-electron chi connectivity index (χ0n) is 15.5. The minimum Gasteiger partial charge on any atom is -0.494 e. The summed E-state index contributed by atoms with van der Waals surface area (Å²) in [5.41, 5.74) is 2.90. The highest BCUT2D eigenvalue weighted by Crippen LogP contribution is 2.11. The highest BCUT2D eigenvalue weighted by molar-refractivity contribution is 5.26. The van der Waals surface area contributed by atoms with Gasteiger partial charge in [0, 0.05) is 12.0 Å². The van der Waals surface area contributed by atoms with Crippen molar-refractivity contribution in [3.63, 3.8) is 0 Å². The van der Waals surface area contributed by atoms with E-state index in [0.717, 1.165) is 18.9 Å². The third-order valence-electron chi connectivity index (χ3n) is 5.19. The minimum absolute atomic E-state index is 0.736. The van der Waals surface area contributed by atoms with E-state index in [0.29, 0.717) is 0 Å². The van der Waals surface area contributed by atoms with Gasteiger partial charge in [-0.05, 0) is 43.2 Å². The van der Waals surface area contributed by atoms with Gasteiger partial charge in [-0.15, -0.1) is 0 Å². The Bertz CT molecular complexity index is 604. The summed E-state index contributed by atoms with van der Waals surface area (Å²) in [5.74, 6) is 0.980. The molecule has 3 rings (SSSR count). The second kappa shape index (κ2) is 9.59. The predicted molar refractivity (Wildman–Crippen MR) is 102 cm³/mol. The molecule has 25 heavy (non-hydrogen) atoms. The number of rotatable bonds is 8. The number of quaternary nitrogens is 2. The van der Waals surface area contributed by atoms with Gasteiger partial charge in [-0.1, -0.05) is 30.3 Å². The summed E-state index contributed by atoms with van der Waals surface area (Å²) in [6.07, 6.45) is 2.51. The van der Waals surface area contributed by atoms with Crippen LogP contribution in [0.3, 0.4) is 0 Å². The molecule has 3 nitrogen and oxygen atoms in total. The van der Waals surface area contributed by atoms with Gasteiger partial charge in [0.1, 0.15) is 38.5 Å². The zero-order valence-corrected chi connectivity index (χ0v) is 15.5. The van der Waals surface area contributed by atoms with Gasteiger partial charge < -0.3 is 14.5 Å². The van der Waals surface area contributed by atoms with Crippen molar-refractivity contribution in [2.24, 2.45) is 0 Å². The number of benzene rings is 2. The van der Waals surface area contributed by atoms with Crippen LogP contribution in [0.2, 0.25) is 0 Å². The van der Waals surface area contributed by atoms with E-state index in [2.05, 4.69) is 54.6 Å². The molecule has 0 radical (unpaired) electrons. The molecule has 0 aromatic heterocycles. The molecule has 1 heterocycles. The average molecular weight is 341 g/mol. The summed E-state index contributed by atoms with van der Waals surface area (Å²) in [6.45, 7) is 10.4. The third kappa shape index (κ3) is 5.87. The zero-order chi connectivity index (χ0) is 17.3. The molecule has 0 atom stereocenters. The van der Waals surface area contributed by atoms with E-state index < -0.39 is 0 Å². The van der Waals surface area contributed by atoms with Gasteiger partial charge in [0.05, 0.1) is 13.2 Å². The van der Waals surface area contributed by atoms with E-state index in [1.807, 2.05) is 6.92 Å². The largest absolute Gasteiger partial charge is 0.494 e. The Balaban J connectivity index is 1.35. The minimum atomic E-state index is 0.736. The van der Waals surface area contributed by atoms with E-state index in [-0.39, 0.29) is 0 Å². The smallest absolute Gasteiger partial charge is 0.127 e. The number of piperazine rings is 1. The Morgan fingerprint density at radius 3 is 2.16 bits per heavy atom. The molecule has 1 aliphatic rings. The predicted octanol–water partition coefficient (Wildman–Crippen LogP) is 1.00. The summed E-state index contributed by atoms with van der Waals surface area (Å²) >= 11 is 0. The van der Waals surface area contributed by atoms with Gasteiger partial charge in [-0.25, -0.2) is 0 Å². The molecule has 0 aliphatic carbocycles. The molecule has 0 amide bonds. The Morgan fingerprint density at radius 1 is 0.800 bits per heavy atom. The van der Waals surface area contributed by atoms with Crippen LogP contribution in [0.5, 0.6) is 5.75 Å². The van der Waals surface area contributed by atoms with Crippen LogP contribution >= 0.6 is 0 Å². The van der Waals surface area contributed by atoms with Crippen molar-refractivity contribution >= 4 is 0 Å². The topological polar surface area (TPSA) is 18.1 Å². The number of hydrogen-bond acceptors (Lipinski definition) is 1. The maximum Gasteiger partial charge on any atom is 0.127 e. The Hall–Kier alpha value is -1.84. The fraction of sp³-hybridized carbons (Fsp3) is 0.455. The fourth-order valence-electron chi connectivity index (χ4n) is 3.73. The molecule has 1 saturated heterocycles. The molecule has 3 heteroatoms. The average Bonchev–Trinajstić information content (AvgIpc) is 2.66. The first-order valence-corrected chi connectivity index (χ1v) is 9.76. The summed E-state index contributed by atoms with van der Waals surface area (Å²) < 4.78 is 5.52. The van der Waals surface area contributed by atoms with Gasteiger partial charge in [-0.2, -0.15) is 0 Å². The van der Waals surface area contributed by atoms with Crippen LogP contribution in [0.4, 0.5) is 0 Å². The molecule has 1 aliphatic heterocycles. The monoisotopic (exact) mass is 340 g/mol. The van der Waals surface area contributed by atoms with E-state index in [1.165, 1.54) is 56.7 Å². The van der Waals surface area contributed by atoms with Crippen LogP contribution in [-0.4, -0.2) is 39.3 Å². The molecular weight excluding hydrogens is 308 g/mol. The SMILES string of the molecule is CCOc1ccc(C[NH+]2CC[NH+](CCCc3ccccc3)CC2)cc1. The highest BCUT2D eigenvalue weighted by Gasteiger charge is 2.22. The standard InChI is InChI=1S/C22H30N2O/c1-2-25-22-12-10-21(11-13-22)19-24-17-15-23(16-18-24)14-6-9-20-7-4-3-5-8-20/h3-5,7-8,10-13H,2,6,9,14-19H2,1H3/p+2. The van der Waals surface area contributed by atoms with Crippen LogP contribution in [0.1, 0.15) is 24.5 Å². The first-order valence-electron chi connectivity index (χ1n) is 9.76. The van der Waals surface area contributed by atoms with Crippen LogP contribution in [0, 0.1) is 0 Å². The first-order chi connectivity index (χ1) is 12.3. The normalized spacial score (nSPS) is 20.4. The van der Waals surface area contributed by atoms with Crippen molar-refractivity contribution in [3.05, 3.63) is 65.7 Å². The number of aryl methyl sites for hydroxylation is 1. The lowest BCUT2D eigenvalue weighted by Crippen LogP contribution is -3.27. The molecule has 2 aromatic carbocycles. The summed E-state index contributed by atoms with van der Waals surface area (Å²) in [6, 6.07) is 19.5. The second-order valence-corrected chi connectivity index (χ2v) is 7.09. The lowest BCUT2D eigenvalue weighted by Gasteiger charge is -2.29. The van der Waals surface area contributed by atoms with Gasteiger partial charge in [-0.3, -0.25) is 0 Å². The van der Waals surface area contributed by atoms with Crippen LogP contribution in [0.25, 0.3) is 0 Å². The number of ether oxygens (including phenoxy) is 1. The van der Waals surface area contributed by atoms with Crippen LogP contribution < -0.4 is 14.5 Å². The lowest BCUT2D eigenvalue weighted by atomic mass is 10.1. The quantitative estimate of drug-likeness (QED) is 0.734. The van der Waals surface area contributed by atoms with Crippen molar-refractivity contribution in [1.29, 1.82) is 0 Å². The maximum atomic E-state index is 5.52. The fourth-order valence-corrected chi connectivity index (χ4v) is 3.73. The highest BCUT2D eigenvalue weighted by atomic mass is 16.5. The van der Waals surface area contributed by atoms with Crippen molar-refractivity contribution in [3.8, 4) is 5.75 Å². The van der Waals surface area contributed by atoms with E-state index in [1.54, 1.807) is 9.80 Å². The van der Waals surface area contributed by atoms with Crippen molar-refractivity contribution < 1.29 is 14.5 Å². The van der Waals surface area contributed by atoms with Crippen molar-refractivity contribution in [1.82, 2.24) is 0 Å². The molecule has 134 valence electrons. The van der Waals surface area contributed by atoms with Gasteiger partial charge in [0.25, 0.3) is 0 Å². The molecule has 0 saturated carbocycles. The molecule has 1 fully saturated rings. The van der Waals surface area contributed by atoms with E-state index in [4.69, 9.17) is 4.74 Å². The molecule has 0 spiro atoms. The van der Waals surface area contributed by atoms with E-state index in [9.17, 15) is 0 Å². The van der Waals surface area contributed by atoms with Crippen molar-refractivity contribution in [2.75, 3.05) is 39.3 Å². The summed E-state index contributed by atoms with van der Waals surface area (Å²) in [5, 5.41) is 0. The first kappa shape index (κ1) is 18.0. The molecular formula is C22H32N2O+2. The number of nitrogens with one attached hydrogen (secondary N) is 2. The van der Waals surface area contributed by atoms with Gasteiger partial charge >= 0.3 is 0 Å². The summed E-state index contributed by atoms with van der Waals surface area (Å²) in [4.78, 5) is 3.50. The van der Waals surface area contributed by atoms with Crippen LogP contribution in [0.15, 0.2) is 54.6 Å². The van der Waals surface area contributed by atoms with Gasteiger partial charge in [0.15, 0.2) is 0 Å². The Kier molecular flexibility index (Phi) is 6.89. The Labute approximate surface area is 152 Å². The molecule has 0 unspecified atom stereocenters. The van der Waals surface area contributed by atoms with E-state index >= 15 is 0 Å². The summed E-state index contributed by atoms with van der Waals surface area (Å²) in [7, 11) is 0. The molecule has 2 aromatic rings. The van der Waals surface area contributed by atoms with Crippen LogP contribution in [-0.2, 0) is 13.0 Å². The number of hydrogen-bond donors (Lipinski definition) is 2. The Morgan fingerprint density at radius 2 is 1.48 bits per heavy atom. The van der Waals surface area contributed by atoms with Crippen molar-refractivity contribution in [2.45, 2.75) is 26.3 Å². The third-order valence-corrected chi connectivity index (χ3v) is 5.19.